The molecule has 0 atom stereocenters. The van der Waals surface area contributed by atoms with E-state index in [1.165, 1.54) is 13.1 Å². The number of unbranched alkanes of at least 4 members (excludes halogenated alkanes) is 1. The molecule has 0 unspecified atom stereocenters. The average molecular weight is 453 g/mol. The average Bonchev–Trinajstić information content (AvgIpc) is 3.11. The highest BCUT2D eigenvalue weighted by Crippen LogP contribution is 2.30. The number of likely N-dealkylation sites (tertiary alicyclic amines) is 1. The number of ether oxygens (including phenoxy) is 1. The highest BCUT2D eigenvalue weighted by atomic mass is 16.5. The molecule has 4 heterocycles. The van der Waals surface area contributed by atoms with Crippen LogP contribution in [0.1, 0.15) is 69.6 Å². The second-order valence-electron chi connectivity index (χ2n) is 8.89. The zero-order chi connectivity index (χ0) is 23.7. The Labute approximate surface area is 193 Å². The number of carbonyl (C=O) groups excluding carboxylic acids is 1. The van der Waals surface area contributed by atoms with Gasteiger partial charge < -0.3 is 9.72 Å². The van der Waals surface area contributed by atoms with Gasteiger partial charge in [-0.15, -0.1) is 0 Å². The van der Waals surface area contributed by atoms with Crippen molar-refractivity contribution < 1.29 is 9.53 Å². The van der Waals surface area contributed by atoms with Crippen molar-refractivity contribution in [2.45, 2.75) is 66.0 Å². The van der Waals surface area contributed by atoms with Crippen LogP contribution >= 0.6 is 0 Å². The van der Waals surface area contributed by atoms with Gasteiger partial charge in [0, 0.05) is 30.9 Å². The number of hydrogen-bond acceptors (Lipinski definition) is 7. The van der Waals surface area contributed by atoms with E-state index in [0.717, 1.165) is 31.6 Å². The number of aromatic nitrogens is 5. The lowest BCUT2D eigenvalue weighted by Gasteiger charge is -2.42. The number of carbonyl (C=O) groups is 1. The van der Waals surface area contributed by atoms with Gasteiger partial charge in [0.15, 0.2) is 11.3 Å². The summed E-state index contributed by atoms with van der Waals surface area (Å²) >= 11 is 0. The maximum atomic E-state index is 13.0. The number of aryl methyl sites for hydroxylation is 1. The molecular weight excluding hydrogens is 420 g/mol. The SMILES string of the molecule is CCCCOc1ncc(C(C)=O)cc1-c1nc2c(CC)n(C3CN(C(C)C)C3)nc2c(=O)[nH]1. The van der Waals surface area contributed by atoms with Crippen molar-refractivity contribution in [3.05, 3.63) is 33.9 Å². The number of fused-ring (bicyclic) bond motifs is 1. The molecule has 0 saturated carbocycles. The van der Waals surface area contributed by atoms with Crippen LogP contribution in [0.15, 0.2) is 17.1 Å². The Kier molecular flexibility index (Phi) is 6.60. The van der Waals surface area contributed by atoms with E-state index >= 15 is 0 Å². The van der Waals surface area contributed by atoms with Gasteiger partial charge in [-0.05, 0) is 39.7 Å². The third kappa shape index (κ3) is 4.42. The van der Waals surface area contributed by atoms with E-state index in [1.807, 2.05) is 11.6 Å². The molecule has 1 aliphatic rings. The molecule has 0 bridgehead atoms. The number of H-pyrrole nitrogens is 1. The minimum atomic E-state index is -0.309. The van der Waals surface area contributed by atoms with Crippen LogP contribution < -0.4 is 10.3 Å². The maximum Gasteiger partial charge on any atom is 0.279 e. The Hall–Kier alpha value is -3.07. The van der Waals surface area contributed by atoms with Crippen LogP contribution in [-0.4, -0.2) is 61.2 Å². The number of Topliss-reactive ketones (excluding diaryl/α,β-unsaturated/α-hetero) is 1. The van der Waals surface area contributed by atoms with Crippen LogP contribution in [0.25, 0.3) is 22.4 Å². The molecule has 0 aliphatic carbocycles. The Balaban J connectivity index is 1.80. The summed E-state index contributed by atoms with van der Waals surface area (Å²) in [5.41, 5.74) is 2.49. The highest BCUT2D eigenvalue weighted by Gasteiger charge is 2.33. The lowest BCUT2D eigenvalue weighted by molar-refractivity contribution is 0.0663. The van der Waals surface area contributed by atoms with E-state index in [9.17, 15) is 9.59 Å². The number of rotatable bonds is 9. The van der Waals surface area contributed by atoms with Crippen molar-refractivity contribution >= 4 is 16.8 Å². The van der Waals surface area contributed by atoms with E-state index in [1.54, 1.807) is 6.07 Å². The number of hydrogen-bond donors (Lipinski definition) is 1. The van der Waals surface area contributed by atoms with E-state index < -0.39 is 0 Å². The fourth-order valence-corrected chi connectivity index (χ4v) is 4.10. The lowest BCUT2D eigenvalue weighted by atomic mass is 10.1. The zero-order valence-corrected chi connectivity index (χ0v) is 20.0. The van der Waals surface area contributed by atoms with Crippen molar-refractivity contribution in [2.75, 3.05) is 19.7 Å². The normalized spacial score (nSPS) is 14.7. The molecule has 1 N–H and O–H groups in total. The predicted molar refractivity (Wildman–Crippen MR) is 127 cm³/mol. The van der Waals surface area contributed by atoms with E-state index in [-0.39, 0.29) is 17.4 Å². The molecule has 0 spiro atoms. The molecule has 4 rings (SSSR count). The summed E-state index contributed by atoms with van der Waals surface area (Å²) in [5.74, 6) is 0.572. The Morgan fingerprint density at radius 3 is 2.67 bits per heavy atom. The predicted octanol–water partition coefficient (Wildman–Crippen LogP) is 3.39. The van der Waals surface area contributed by atoms with Gasteiger partial charge in [0.25, 0.3) is 5.56 Å². The van der Waals surface area contributed by atoms with Crippen molar-refractivity contribution in [1.82, 2.24) is 29.6 Å². The van der Waals surface area contributed by atoms with Gasteiger partial charge in [-0.2, -0.15) is 5.10 Å². The number of nitrogens with zero attached hydrogens (tertiary/aromatic N) is 5. The molecule has 9 nitrogen and oxygen atoms in total. The monoisotopic (exact) mass is 452 g/mol. The fourth-order valence-electron chi connectivity index (χ4n) is 4.10. The van der Waals surface area contributed by atoms with Crippen LogP contribution in [0.4, 0.5) is 0 Å². The Bertz CT molecular complexity index is 1220. The first-order chi connectivity index (χ1) is 15.8. The number of pyridine rings is 1. The van der Waals surface area contributed by atoms with Crippen LogP contribution in [0.3, 0.4) is 0 Å². The summed E-state index contributed by atoms with van der Waals surface area (Å²) in [5, 5.41) is 4.65. The minimum Gasteiger partial charge on any atom is -0.477 e. The van der Waals surface area contributed by atoms with Crippen molar-refractivity contribution in [3.8, 4) is 17.3 Å². The van der Waals surface area contributed by atoms with Crippen molar-refractivity contribution in [2.24, 2.45) is 0 Å². The topological polar surface area (TPSA) is 106 Å². The zero-order valence-electron chi connectivity index (χ0n) is 20.0. The molecule has 0 aromatic carbocycles. The molecule has 1 fully saturated rings. The number of nitrogens with one attached hydrogen (secondary N) is 1. The molecule has 0 radical (unpaired) electrons. The molecule has 9 heteroatoms. The summed E-state index contributed by atoms with van der Waals surface area (Å²) in [7, 11) is 0. The first kappa shape index (κ1) is 23.1. The number of ketones is 1. The smallest absolute Gasteiger partial charge is 0.279 e. The standard InChI is InChI=1S/C24H32N6O3/c1-6-8-9-33-24-18(10-16(11-25-24)15(5)31)22-26-20-19(7-2)30(28-21(20)23(32)27-22)17-12-29(13-17)14(3)4/h10-11,14,17H,6-9,12-13H2,1-5H3,(H,26,27,32). The Morgan fingerprint density at radius 2 is 2.03 bits per heavy atom. The first-order valence-electron chi connectivity index (χ1n) is 11.7. The minimum absolute atomic E-state index is 0.117. The second-order valence-corrected chi connectivity index (χ2v) is 8.89. The van der Waals surface area contributed by atoms with Gasteiger partial charge in [-0.3, -0.25) is 19.2 Å². The van der Waals surface area contributed by atoms with E-state index in [0.29, 0.717) is 52.9 Å². The lowest BCUT2D eigenvalue weighted by Crippen LogP contribution is -2.51. The third-order valence-electron chi connectivity index (χ3n) is 6.20. The van der Waals surface area contributed by atoms with Crippen LogP contribution in [0.5, 0.6) is 5.88 Å². The molecule has 1 saturated heterocycles. The molecule has 0 amide bonds. The van der Waals surface area contributed by atoms with Gasteiger partial charge in [0.2, 0.25) is 5.88 Å². The molecule has 33 heavy (non-hydrogen) atoms. The van der Waals surface area contributed by atoms with Gasteiger partial charge in [0.1, 0.15) is 11.3 Å². The highest BCUT2D eigenvalue weighted by molar-refractivity contribution is 5.95. The fraction of sp³-hybridized carbons (Fsp3) is 0.542. The van der Waals surface area contributed by atoms with Crippen LogP contribution in [0.2, 0.25) is 0 Å². The molecular formula is C24H32N6O3. The third-order valence-corrected chi connectivity index (χ3v) is 6.20. The maximum absolute atomic E-state index is 13.0. The Morgan fingerprint density at radius 1 is 1.27 bits per heavy atom. The van der Waals surface area contributed by atoms with Crippen molar-refractivity contribution in [1.29, 1.82) is 0 Å². The van der Waals surface area contributed by atoms with Gasteiger partial charge in [-0.25, -0.2) is 9.97 Å². The summed E-state index contributed by atoms with van der Waals surface area (Å²) < 4.78 is 7.84. The van der Waals surface area contributed by atoms with Gasteiger partial charge >= 0.3 is 0 Å². The number of aromatic amines is 1. The molecule has 3 aromatic rings. The summed E-state index contributed by atoms with van der Waals surface area (Å²) in [6, 6.07) is 2.40. The quantitative estimate of drug-likeness (QED) is 0.392. The van der Waals surface area contributed by atoms with Gasteiger partial charge in [0.05, 0.1) is 23.9 Å². The van der Waals surface area contributed by atoms with Crippen LogP contribution in [0, 0.1) is 0 Å². The molecule has 3 aromatic heterocycles. The summed E-state index contributed by atoms with van der Waals surface area (Å²) in [6.07, 6.45) is 4.06. The molecule has 176 valence electrons. The summed E-state index contributed by atoms with van der Waals surface area (Å²) in [4.78, 5) is 39.4. The summed E-state index contributed by atoms with van der Waals surface area (Å²) in [6.45, 7) is 12.3. The van der Waals surface area contributed by atoms with Crippen molar-refractivity contribution in [3.63, 3.8) is 0 Å². The largest absolute Gasteiger partial charge is 0.477 e. The van der Waals surface area contributed by atoms with Gasteiger partial charge in [-0.1, -0.05) is 20.3 Å². The second kappa shape index (κ2) is 9.43. The van der Waals surface area contributed by atoms with E-state index in [2.05, 4.69) is 40.7 Å². The van der Waals surface area contributed by atoms with Crippen LogP contribution in [-0.2, 0) is 6.42 Å². The van der Waals surface area contributed by atoms with E-state index in [4.69, 9.17) is 9.72 Å². The molecule has 1 aliphatic heterocycles. The first-order valence-corrected chi connectivity index (χ1v) is 11.7.